The molecule has 0 unspecified atom stereocenters. The molecule has 24 heavy (non-hydrogen) atoms. The van der Waals surface area contributed by atoms with Crippen LogP contribution in [0.3, 0.4) is 0 Å². The fourth-order valence-corrected chi connectivity index (χ4v) is 3.47. The van der Waals surface area contributed by atoms with E-state index in [9.17, 15) is 17.2 Å². The number of nitrogens with two attached hydrogens (primary N) is 1. The SMILES string of the molecule is Cc1nc(-c2noc(C)c2-c2cc(F)c(S(N)(=O)=O)cc2F)cs1. The van der Waals surface area contributed by atoms with E-state index in [1.54, 1.807) is 12.3 Å². The third-order valence-corrected chi connectivity index (χ3v) is 5.02. The molecule has 3 rings (SSSR count). The lowest BCUT2D eigenvalue weighted by Gasteiger charge is -2.07. The topological polar surface area (TPSA) is 99.1 Å². The van der Waals surface area contributed by atoms with E-state index in [1.165, 1.54) is 18.3 Å². The first-order valence-corrected chi connectivity index (χ1v) is 9.02. The monoisotopic (exact) mass is 371 g/mol. The van der Waals surface area contributed by atoms with Crippen LogP contribution in [0.4, 0.5) is 8.78 Å². The van der Waals surface area contributed by atoms with Crippen molar-refractivity contribution in [3.63, 3.8) is 0 Å². The van der Waals surface area contributed by atoms with Gasteiger partial charge in [-0.3, -0.25) is 0 Å². The van der Waals surface area contributed by atoms with Crippen LogP contribution in [0.1, 0.15) is 10.8 Å². The van der Waals surface area contributed by atoms with Gasteiger partial charge in [-0.1, -0.05) is 5.16 Å². The Balaban J connectivity index is 2.24. The second-order valence-corrected chi connectivity index (χ2v) is 7.61. The lowest BCUT2D eigenvalue weighted by Crippen LogP contribution is -2.14. The van der Waals surface area contributed by atoms with Crippen LogP contribution in [0.5, 0.6) is 0 Å². The molecule has 0 radical (unpaired) electrons. The normalized spacial score (nSPS) is 11.9. The predicted octanol–water partition coefficient (Wildman–Crippen LogP) is 3.01. The van der Waals surface area contributed by atoms with Gasteiger partial charge in [-0.15, -0.1) is 11.3 Å². The Morgan fingerprint density at radius 2 is 1.92 bits per heavy atom. The summed E-state index contributed by atoms with van der Waals surface area (Å²) in [7, 11) is -4.38. The third kappa shape index (κ3) is 2.83. The highest BCUT2D eigenvalue weighted by Crippen LogP contribution is 2.37. The minimum atomic E-state index is -4.38. The third-order valence-electron chi connectivity index (χ3n) is 3.32. The Morgan fingerprint density at radius 1 is 1.21 bits per heavy atom. The molecule has 2 aromatic heterocycles. The first kappa shape index (κ1) is 16.7. The number of aryl methyl sites for hydroxylation is 2. The van der Waals surface area contributed by atoms with Gasteiger partial charge in [0.15, 0.2) is 0 Å². The minimum absolute atomic E-state index is 0.181. The maximum absolute atomic E-state index is 14.4. The summed E-state index contributed by atoms with van der Waals surface area (Å²) in [4.78, 5) is 3.34. The summed E-state index contributed by atoms with van der Waals surface area (Å²) in [6.07, 6.45) is 0. The molecule has 0 saturated carbocycles. The highest BCUT2D eigenvalue weighted by atomic mass is 32.2. The zero-order chi connectivity index (χ0) is 17.6. The number of thiazole rings is 1. The van der Waals surface area contributed by atoms with Gasteiger partial charge < -0.3 is 4.52 Å². The summed E-state index contributed by atoms with van der Waals surface area (Å²) in [5.41, 5.74) is 0.732. The standard InChI is InChI=1S/C14H11F2N3O3S2/c1-6-13(14(19-22-6)11-5-23-7(2)18-11)8-3-10(16)12(4-9(8)15)24(17,20)21/h3-5H,1-2H3,(H2,17,20,21). The van der Waals surface area contributed by atoms with E-state index in [-0.39, 0.29) is 22.6 Å². The van der Waals surface area contributed by atoms with Gasteiger partial charge in [0.25, 0.3) is 0 Å². The van der Waals surface area contributed by atoms with Gasteiger partial charge in [0, 0.05) is 10.9 Å². The minimum Gasteiger partial charge on any atom is -0.360 e. The van der Waals surface area contributed by atoms with Gasteiger partial charge >= 0.3 is 0 Å². The molecule has 0 aliphatic rings. The zero-order valence-corrected chi connectivity index (χ0v) is 14.1. The molecule has 6 nitrogen and oxygen atoms in total. The first-order valence-electron chi connectivity index (χ1n) is 6.59. The van der Waals surface area contributed by atoms with E-state index >= 15 is 0 Å². The fraction of sp³-hybridized carbons (Fsp3) is 0.143. The number of primary sulfonamides is 1. The quantitative estimate of drug-likeness (QED) is 0.763. The van der Waals surface area contributed by atoms with Crippen LogP contribution in [-0.4, -0.2) is 18.6 Å². The van der Waals surface area contributed by atoms with Gasteiger partial charge in [-0.2, -0.15) is 0 Å². The molecule has 2 heterocycles. The number of benzene rings is 1. The van der Waals surface area contributed by atoms with Crippen molar-refractivity contribution >= 4 is 21.4 Å². The molecule has 0 saturated heterocycles. The predicted molar refractivity (Wildman–Crippen MR) is 83.8 cm³/mol. The van der Waals surface area contributed by atoms with Crippen molar-refractivity contribution in [3.8, 4) is 22.5 Å². The molecule has 0 aliphatic heterocycles. The Kier molecular flexibility index (Phi) is 3.98. The highest BCUT2D eigenvalue weighted by Gasteiger charge is 2.25. The zero-order valence-electron chi connectivity index (χ0n) is 12.5. The molecule has 10 heteroatoms. The van der Waals surface area contributed by atoms with E-state index < -0.39 is 26.6 Å². The second kappa shape index (κ2) is 5.72. The van der Waals surface area contributed by atoms with Gasteiger partial charge in [-0.25, -0.2) is 27.3 Å². The van der Waals surface area contributed by atoms with Gasteiger partial charge in [0.1, 0.15) is 33.7 Å². The molecule has 3 aromatic rings. The van der Waals surface area contributed by atoms with Crippen molar-refractivity contribution in [2.24, 2.45) is 5.14 Å². The number of rotatable bonds is 3. The van der Waals surface area contributed by atoms with Crippen LogP contribution in [0.25, 0.3) is 22.5 Å². The molecule has 0 amide bonds. The van der Waals surface area contributed by atoms with Crippen molar-refractivity contribution in [1.29, 1.82) is 0 Å². The largest absolute Gasteiger partial charge is 0.360 e. The number of hydrogen-bond acceptors (Lipinski definition) is 6. The molecule has 0 fully saturated rings. The van der Waals surface area contributed by atoms with Crippen LogP contribution in [0.2, 0.25) is 0 Å². The summed E-state index contributed by atoms with van der Waals surface area (Å²) < 4.78 is 56.2. The van der Waals surface area contributed by atoms with E-state index in [0.717, 1.165) is 11.1 Å². The van der Waals surface area contributed by atoms with Crippen LogP contribution < -0.4 is 5.14 Å². The molecular weight excluding hydrogens is 360 g/mol. The number of halogens is 2. The average Bonchev–Trinajstić information content (AvgIpc) is 3.06. The maximum Gasteiger partial charge on any atom is 0.241 e. The van der Waals surface area contributed by atoms with E-state index in [4.69, 9.17) is 9.66 Å². The van der Waals surface area contributed by atoms with Gasteiger partial charge in [-0.05, 0) is 26.0 Å². The first-order chi connectivity index (χ1) is 11.2. The summed E-state index contributed by atoms with van der Waals surface area (Å²) >= 11 is 1.37. The van der Waals surface area contributed by atoms with E-state index in [2.05, 4.69) is 10.1 Å². The van der Waals surface area contributed by atoms with E-state index in [1.807, 2.05) is 0 Å². The summed E-state index contributed by atoms with van der Waals surface area (Å²) in [5, 5.41) is 11.2. The molecule has 0 spiro atoms. The lowest BCUT2D eigenvalue weighted by molar-refractivity contribution is 0.400. The van der Waals surface area contributed by atoms with Crippen molar-refractivity contribution in [2.75, 3.05) is 0 Å². The Morgan fingerprint density at radius 3 is 2.50 bits per heavy atom. The number of nitrogens with zero attached hydrogens (tertiary/aromatic N) is 2. The molecule has 0 aliphatic carbocycles. The van der Waals surface area contributed by atoms with Crippen LogP contribution in [0.15, 0.2) is 26.9 Å². The molecular formula is C14H11F2N3O3S2. The average molecular weight is 371 g/mol. The Hall–Kier alpha value is -2.17. The second-order valence-electron chi connectivity index (χ2n) is 5.02. The smallest absolute Gasteiger partial charge is 0.241 e. The summed E-state index contributed by atoms with van der Waals surface area (Å²) in [5.74, 6) is -1.87. The molecule has 2 N–H and O–H groups in total. The molecule has 0 bridgehead atoms. The number of hydrogen-bond donors (Lipinski definition) is 1. The number of sulfonamides is 1. The lowest BCUT2D eigenvalue weighted by atomic mass is 10.0. The summed E-state index contributed by atoms with van der Waals surface area (Å²) in [6.45, 7) is 3.33. The maximum atomic E-state index is 14.4. The van der Waals surface area contributed by atoms with Crippen LogP contribution >= 0.6 is 11.3 Å². The van der Waals surface area contributed by atoms with Gasteiger partial charge in [0.05, 0.1) is 10.6 Å². The van der Waals surface area contributed by atoms with E-state index in [0.29, 0.717) is 11.8 Å². The van der Waals surface area contributed by atoms with Crippen molar-refractivity contribution in [1.82, 2.24) is 10.1 Å². The van der Waals surface area contributed by atoms with Crippen molar-refractivity contribution in [2.45, 2.75) is 18.7 Å². The van der Waals surface area contributed by atoms with Crippen LogP contribution in [-0.2, 0) is 10.0 Å². The number of aromatic nitrogens is 2. The van der Waals surface area contributed by atoms with Gasteiger partial charge in [0.2, 0.25) is 10.0 Å². The fourth-order valence-electron chi connectivity index (χ4n) is 2.27. The van der Waals surface area contributed by atoms with Crippen LogP contribution in [0, 0.1) is 25.5 Å². The highest BCUT2D eigenvalue weighted by molar-refractivity contribution is 7.89. The summed E-state index contributed by atoms with van der Waals surface area (Å²) in [6, 6.07) is 1.31. The Bertz CT molecular complexity index is 1040. The van der Waals surface area contributed by atoms with Crippen molar-refractivity contribution < 1.29 is 21.7 Å². The molecule has 0 atom stereocenters. The van der Waals surface area contributed by atoms with Crippen molar-refractivity contribution in [3.05, 3.63) is 39.9 Å². The molecule has 126 valence electrons. The molecule has 1 aromatic carbocycles. The Labute approximate surface area is 140 Å².